The Bertz CT molecular complexity index is 575. The van der Waals surface area contributed by atoms with E-state index in [-0.39, 0.29) is 0 Å². The molecule has 0 spiro atoms. The lowest BCUT2D eigenvalue weighted by Crippen LogP contribution is -2.03. The molecule has 0 aliphatic heterocycles. The molecule has 0 saturated carbocycles. The third kappa shape index (κ3) is 4.37. The van der Waals surface area contributed by atoms with Crippen molar-refractivity contribution in [1.29, 1.82) is 0 Å². The Morgan fingerprint density at radius 1 is 1.14 bits per heavy atom. The number of hydrogen-bond acceptors (Lipinski definition) is 1. The van der Waals surface area contributed by atoms with Crippen molar-refractivity contribution in [2.75, 3.05) is 0 Å². The first-order valence-electron chi connectivity index (χ1n) is 7.83. The number of fused-ring (bicyclic) bond motifs is 1. The highest BCUT2D eigenvalue weighted by Crippen LogP contribution is 2.26. The van der Waals surface area contributed by atoms with E-state index in [0.717, 1.165) is 40.8 Å². The van der Waals surface area contributed by atoms with Crippen molar-refractivity contribution in [2.45, 2.75) is 58.4 Å². The summed E-state index contributed by atoms with van der Waals surface area (Å²) < 4.78 is 2.19. The van der Waals surface area contributed by atoms with Gasteiger partial charge in [0.05, 0.1) is 21.9 Å². The SMILES string of the molecule is CC(C)CCCCCCn1c(CCl)nc2cccc(Cl)c21. The quantitative estimate of drug-likeness (QED) is 0.427. The number of unbranched alkanes of at least 4 members (excludes halogenated alkanes) is 3. The van der Waals surface area contributed by atoms with E-state index in [2.05, 4.69) is 23.4 Å². The number of nitrogens with zero attached hydrogens (tertiary/aromatic N) is 2. The van der Waals surface area contributed by atoms with Gasteiger partial charge in [-0.15, -0.1) is 11.6 Å². The topological polar surface area (TPSA) is 17.8 Å². The van der Waals surface area contributed by atoms with Gasteiger partial charge in [0.15, 0.2) is 0 Å². The Kier molecular flexibility index (Phi) is 6.38. The van der Waals surface area contributed by atoms with Crippen LogP contribution < -0.4 is 0 Å². The normalized spacial score (nSPS) is 11.7. The van der Waals surface area contributed by atoms with Crippen LogP contribution in [0.15, 0.2) is 18.2 Å². The highest BCUT2D eigenvalue weighted by atomic mass is 35.5. The highest BCUT2D eigenvalue weighted by Gasteiger charge is 2.12. The highest BCUT2D eigenvalue weighted by molar-refractivity contribution is 6.35. The standard InChI is InChI=1S/C17H24Cl2N2/c1-13(2)8-5-3-4-6-11-21-16(12-18)20-15-10-7-9-14(19)17(15)21/h7,9-10,13H,3-6,8,11-12H2,1-2H3. The molecule has 2 nitrogen and oxygen atoms in total. The maximum atomic E-state index is 6.33. The summed E-state index contributed by atoms with van der Waals surface area (Å²) in [5.41, 5.74) is 1.97. The van der Waals surface area contributed by atoms with Crippen molar-refractivity contribution >= 4 is 34.2 Å². The zero-order valence-corrected chi connectivity index (χ0v) is 14.4. The van der Waals surface area contributed by atoms with E-state index in [1.165, 1.54) is 25.7 Å². The van der Waals surface area contributed by atoms with Crippen molar-refractivity contribution in [2.24, 2.45) is 5.92 Å². The third-order valence-electron chi connectivity index (χ3n) is 3.83. The molecular formula is C17H24Cl2N2. The molecule has 0 aliphatic rings. The number of alkyl halides is 1. The van der Waals surface area contributed by atoms with E-state index >= 15 is 0 Å². The summed E-state index contributed by atoms with van der Waals surface area (Å²) in [4.78, 5) is 4.58. The number of para-hydroxylation sites is 1. The molecule has 0 unspecified atom stereocenters. The Hall–Kier alpha value is -0.730. The number of aromatic nitrogens is 2. The molecular weight excluding hydrogens is 303 g/mol. The van der Waals surface area contributed by atoms with E-state index in [0.29, 0.717) is 5.88 Å². The lowest BCUT2D eigenvalue weighted by atomic mass is 10.0. The van der Waals surface area contributed by atoms with Gasteiger partial charge in [-0.1, -0.05) is 57.2 Å². The molecule has 0 aliphatic carbocycles. The summed E-state index contributed by atoms with van der Waals surface area (Å²) in [6, 6.07) is 5.85. The maximum absolute atomic E-state index is 6.33. The first-order valence-corrected chi connectivity index (χ1v) is 8.74. The van der Waals surface area contributed by atoms with Crippen LogP contribution in [0.1, 0.15) is 51.8 Å². The van der Waals surface area contributed by atoms with Gasteiger partial charge >= 0.3 is 0 Å². The van der Waals surface area contributed by atoms with Gasteiger partial charge in [-0.2, -0.15) is 0 Å². The average molecular weight is 327 g/mol. The van der Waals surface area contributed by atoms with Gasteiger partial charge in [0.2, 0.25) is 0 Å². The van der Waals surface area contributed by atoms with Gasteiger partial charge in [0, 0.05) is 6.54 Å². The van der Waals surface area contributed by atoms with Crippen molar-refractivity contribution in [3.63, 3.8) is 0 Å². The number of benzene rings is 1. The number of halogens is 2. The largest absolute Gasteiger partial charge is 0.326 e. The molecule has 0 bridgehead atoms. The lowest BCUT2D eigenvalue weighted by molar-refractivity contribution is 0.505. The molecule has 0 radical (unpaired) electrons. The Morgan fingerprint density at radius 3 is 2.62 bits per heavy atom. The molecule has 0 atom stereocenters. The molecule has 2 rings (SSSR count). The average Bonchev–Trinajstić information content (AvgIpc) is 2.81. The summed E-state index contributed by atoms with van der Waals surface area (Å²) >= 11 is 12.4. The maximum Gasteiger partial charge on any atom is 0.124 e. The van der Waals surface area contributed by atoms with Gasteiger partial charge in [0.1, 0.15) is 5.82 Å². The fraction of sp³-hybridized carbons (Fsp3) is 0.588. The van der Waals surface area contributed by atoms with Crippen LogP contribution >= 0.6 is 23.2 Å². The number of hydrogen-bond donors (Lipinski definition) is 0. The summed E-state index contributed by atoms with van der Waals surface area (Å²) in [5, 5.41) is 0.760. The first kappa shape index (κ1) is 16.6. The predicted molar refractivity (Wildman–Crippen MR) is 92.2 cm³/mol. The van der Waals surface area contributed by atoms with Crippen LogP contribution in [0.5, 0.6) is 0 Å². The van der Waals surface area contributed by atoms with Crippen LogP contribution in [0.2, 0.25) is 5.02 Å². The number of rotatable bonds is 8. The predicted octanol–water partition coefficient (Wildman–Crippen LogP) is 6.04. The van der Waals surface area contributed by atoms with Crippen LogP contribution in [0.4, 0.5) is 0 Å². The second-order valence-electron chi connectivity index (χ2n) is 6.02. The minimum Gasteiger partial charge on any atom is -0.326 e. The Morgan fingerprint density at radius 2 is 1.90 bits per heavy atom. The van der Waals surface area contributed by atoms with Gasteiger partial charge in [0.25, 0.3) is 0 Å². The lowest BCUT2D eigenvalue weighted by Gasteiger charge is -2.09. The third-order valence-corrected chi connectivity index (χ3v) is 4.37. The molecule has 0 amide bonds. The molecule has 1 aromatic carbocycles. The van der Waals surface area contributed by atoms with Gasteiger partial charge < -0.3 is 4.57 Å². The number of imidazole rings is 1. The summed E-state index contributed by atoms with van der Waals surface area (Å²) in [5.74, 6) is 2.16. The zero-order valence-electron chi connectivity index (χ0n) is 12.9. The molecule has 2 aromatic rings. The van der Waals surface area contributed by atoms with Crippen LogP contribution in [-0.2, 0) is 12.4 Å². The molecule has 0 saturated heterocycles. The smallest absolute Gasteiger partial charge is 0.124 e. The second kappa shape index (κ2) is 8.05. The van der Waals surface area contributed by atoms with E-state index in [9.17, 15) is 0 Å². The molecule has 116 valence electrons. The fourth-order valence-corrected chi connectivity index (χ4v) is 3.18. The summed E-state index contributed by atoms with van der Waals surface area (Å²) in [7, 11) is 0. The monoisotopic (exact) mass is 326 g/mol. The minimum atomic E-state index is 0.429. The van der Waals surface area contributed by atoms with Crippen molar-refractivity contribution in [1.82, 2.24) is 9.55 Å². The van der Waals surface area contributed by atoms with Gasteiger partial charge in [-0.3, -0.25) is 0 Å². The molecule has 4 heteroatoms. The molecule has 21 heavy (non-hydrogen) atoms. The summed E-state index contributed by atoms with van der Waals surface area (Å²) in [6.07, 6.45) is 6.35. The van der Waals surface area contributed by atoms with Gasteiger partial charge in [-0.05, 0) is 24.5 Å². The van der Waals surface area contributed by atoms with Crippen molar-refractivity contribution < 1.29 is 0 Å². The van der Waals surface area contributed by atoms with E-state index in [1.807, 2.05) is 18.2 Å². The summed E-state index contributed by atoms with van der Waals surface area (Å²) in [6.45, 7) is 5.52. The van der Waals surface area contributed by atoms with E-state index in [4.69, 9.17) is 23.2 Å². The van der Waals surface area contributed by atoms with E-state index in [1.54, 1.807) is 0 Å². The molecule has 1 heterocycles. The zero-order chi connectivity index (χ0) is 15.2. The van der Waals surface area contributed by atoms with Gasteiger partial charge in [-0.25, -0.2) is 4.98 Å². The fourth-order valence-electron chi connectivity index (χ4n) is 2.71. The molecule has 0 fully saturated rings. The minimum absolute atomic E-state index is 0.429. The second-order valence-corrected chi connectivity index (χ2v) is 6.69. The Balaban J connectivity index is 1.98. The first-order chi connectivity index (χ1) is 10.1. The molecule has 1 aromatic heterocycles. The van der Waals surface area contributed by atoms with Crippen LogP contribution in [0, 0.1) is 5.92 Å². The van der Waals surface area contributed by atoms with E-state index < -0.39 is 0 Å². The Labute approximate surface area is 137 Å². The van der Waals surface area contributed by atoms with Crippen LogP contribution in [0.25, 0.3) is 11.0 Å². The van der Waals surface area contributed by atoms with Crippen molar-refractivity contribution in [3.05, 3.63) is 29.0 Å². The number of aryl methyl sites for hydroxylation is 1. The van der Waals surface area contributed by atoms with Crippen LogP contribution in [0.3, 0.4) is 0 Å². The van der Waals surface area contributed by atoms with Crippen molar-refractivity contribution in [3.8, 4) is 0 Å². The molecule has 0 N–H and O–H groups in total. The van der Waals surface area contributed by atoms with Crippen LogP contribution in [-0.4, -0.2) is 9.55 Å².